The van der Waals surface area contributed by atoms with Gasteiger partial charge in [0.05, 0.1) is 24.0 Å². The molecule has 4 aromatic heterocycles. The largest absolute Gasteiger partial charge is 0.437 e. The summed E-state index contributed by atoms with van der Waals surface area (Å²) in [4.78, 5) is 3.73. The highest BCUT2D eigenvalue weighted by Crippen LogP contribution is 2.36. The first kappa shape index (κ1) is 17.1. The first-order chi connectivity index (χ1) is 14.5. The molecule has 6 rings (SSSR count). The van der Waals surface area contributed by atoms with Gasteiger partial charge in [-0.2, -0.15) is 13.9 Å². The van der Waals surface area contributed by atoms with Gasteiger partial charge in [-0.15, -0.1) is 0 Å². The van der Waals surface area contributed by atoms with Crippen LogP contribution in [0.2, 0.25) is 0 Å². The Bertz CT molecular complexity index is 1650. The SMILES string of the molecule is Cc1cc2c(cc1-n1c3ccccc3c3ccc[n+](C)c31)oc1nc(F)cc(F)c12. The molecule has 4 nitrogen and oxygen atoms in total. The molecule has 0 atom stereocenters. The molecule has 0 aliphatic heterocycles. The molecule has 4 heterocycles. The van der Waals surface area contributed by atoms with Crippen LogP contribution in [0.5, 0.6) is 0 Å². The van der Waals surface area contributed by atoms with E-state index < -0.39 is 11.8 Å². The fourth-order valence-corrected chi connectivity index (χ4v) is 4.43. The Hall–Kier alpha value is -3.80. The van der Waals surface area contributed by atoms with E-state index in [1.54, 1.807) is 0 Å². The topological polar surface area (TPSA) is 34.8 Å². The van der Waals surface area contributed by atoms with E-state index in [9.17, 15) is 8.78 Å². The van der Waals surface area contributed by atoms with Crippen molar-refractivity contribution in [2.24, 2.45) is 7.05 Å². The zero-order valence-corrected chi connectivity index (χ0v) is 16.3. The lowest BCUT2D eigenvalue weighted by atomic mass is 10.1. The zero-order chi connectivity index (χ0) is 20.6. The van der Waals surface area contributed by atoms with Gasteiger partial charge in [-0.3, -0.25) is 0 Å². The number of furan rings is 1. The van der Waals surface area contributed by atoms with Crippen molar-refractivity contribution in [2.45, 2.75) is 6.92 Å². The van der Waals surface area contributed by atoms with Crippen LogP contribution in [0.3, 0.4) is 0 Å². The molecule has 146 valence electrons. The molecule has 0 saturated carbocycles. The smallest absolute Gasteiger partial charge is 0.294 e. The van der Waals surface area contributed by atoms with Crippen LogP contribution in [0, 0.1) is 18.7 Å². The maximum Gasteiger partial charge on any atom is 0.294 e. The summed E-state index contributed by atoms with van der Waals surface area (Å²) in [5, 5.41) is 3.06. The lowest BCUT2D eigenvalue weighted by Crippen LogP contribution is -2.30. The molecule has 0 aliphatic rings. The fourth-order valence-electron chi connectivity index (χ4n) is 4.43. The number of fused-ring (bicyclic) bond motifs is 6. The number of halogens is 2. The lowest BCUT2D eigenvalue weighted by Gasteiger charge is -2.06. The molecule has 0 spiro atoms. The van der Waals surface area contributed by atoms with Crippen molar-refractivity contribution in [3.05, 3.63) is 78.1 Å². The lowest BCUT2D eigenvalue weighted by molar-refractivity contribution is -0.647. The molecular weight excluding hydrogens is 384 g/mol. The van der Waals surface area contributed by atoms with Gasteiger partial charge in [0, 0.05) is 22.9 Å². The molecule has 0 unspecified atom stereocenters. The Balaban J connectivity index is 1.77. The van der Waals surface area contributed by atoms with E-state index in [1.807, 2.05) is 50.5 Å². The highest BCUT2D eigenvalue weighted by atomic mass is 19.1. The van der Waals surface area contributed by atoms with E-state index in [4.69, 9.17) is 4.42 Å². The number of rotatable bonds is 1. The summed E-state index contributed by atoms with van der Waals surface area (Å²) in [6.45, 7) is 1.98. The number of para-hydroxylation sites is 1. The van der Waals surface area contributed by atoms with Gasteiger partial charge in [0.15, 0.2) is 0 Å². The maximum atomic E-state index is 14.4. The molecule has 0 radical (unpaired) electrons. The Morgan fingerprint density at radius 2 is 1.77 bits per heavy atom. The van der Waals surface area contributed by atoms with Gasteiger partial charge in [-0.1, -0.05) is 12.1 Å². The third-order valence-electron chi connectivity index (χ3n) is 5.72. The molecule has 0 N–H and O–H groups in total. The number of hydrogen-bond donors (Lipinski definition) is 0. The van der Waals surface area contributed by atoms with Crippen LogP contribution in [0.25, 0.3) is 49.7 Å². The first-order valence-corrected chi connectivity index (χ1v) is 9.60. The number of benzene rings is 2. The van der Waals surface area contributed by atoms with E-state index in [-0.39, 0.29) is 11.1 Å². The highest BCUT2D eigenvalue weighted by molar-refractivity contribution is 6.08. The second kappa shape index (κ2) is 5.86. The van der Waals surface area contributed by atoms with Gasteiger partial charge >= 0.3 is 0 Å². The molecule has 30 heavy (non-hydrogen) atoms. The fraction of sp³-hybridized carbons (Fsp3) is 0.0833. The van der Waals surface area contributed by atoms with E-state index in [1.165, 1.54) is 0 Å². The van der Waals surface area contributed by atoms with Crippen LogP contribution in [0.15, 0.2) is 65.2 Å². The predicted molar refractivity (Wildman–Crippen MR) is 112 cm³/mol. The Morgan fingerprint density at radius 1 is 0.967 bits per heavy atom. The highest BCUT2D eigenvalue weighted by Gasteiger charge is 2.24. The van der Waals surface area contributed by atoms with Crippen molar-refractivity contribution in [2.75, 3.05) is 0 Å². The molecule has 6 heteroatoms. The van der Waals surface area contributed by atoms with Gasteiger partial charge in [-0.25, -0.2) is 8.96 Å². The molecule has 0 aliphatic carbocycles. The summed E-state index contributed by atoms with van der Waals surface area (Å²) in [5.41, 5.74) is 4.38. The number of pyridine rings is 2. The summed E-state index contributed by atoms with van der Waals surface area (Å²) in [5.74, 6) is -1.57. The molecule has 0 fully saturated rings. The Labute approximate surface area is 169 Å². The third-order valence-corrected chi connectivity index (χ3v) is 5.72. The average Bonchev–Trinajstić information content (AvgIpc) is 3.23. The Morgan fingerprint density at radius 3 is 2.63 bits per heavy atom. The molecule has 0 amide bonds. The van der Waals surface area contributed by atoms with Crippen molar-refractivity contribution < 1.29 is 17.8 Å². The Kier molecular flexibility index (Phi) is 3.34. The number of hydrogen-bond acceptors (Lipinski definition) is 2. The van der Waals surface area contributed by atoms with Crippen LogP contribution in [0.1, 0.15) is 5.56 Å². The molecular formula is C24H16F2N3O+. The maximum absolute atomic E-state index is 14.4. The minimum absolute atomic E-state index is 0.0353. The van der Waals surface area contributed by atoms with Crippen molar-refractivity contribution in [1.82, 2.24) is 9.55 Å². The summed E-state index contributed by atoms with van der Waals surface area (Å²) in [7, 11) is 2.01. The van der Waals surface area contributed by atoms with Gasteiger partial charge in [0.25, 0.3) is 5.65 Å². The molecule has 0 bridgehead atoms. The quantitative estimate of drug-likeness (QED) is 0.270. The van der Waals surface area contributed by atoms with Crippen molar-refractivity contribution in [3.63, 3.8) is 0 Å². The minimum atomic E-state index is -0.898. The van der Waals surface area contributed by atoms with Gasteiger partial charge in [-0.05, 0) is 42.8 Å². The summed E-state index contributed by atoms with van der Waals surface area (Å²) in [6, 6.07) is 16.9. The second-order valence-electron chi connectivity index (χ2n) is 7.55. The van der Waals surface area contributed by atoms with Crippen molar-refractivity contribution in [3.8, 4) is 5.69 Å². The number of aryl methyl sites for hydroxylation is 2. The second-order valence-corrected chi connectivity index (χ2v) is 7.55. The van der Waals surface area contributed by atoms with Gasteiger partial charge < -0.3 is 4.42 Å². The van der Waals surface area contributed by atoms with Crippen LogP contribution < -0.4 is 4.57 Å². The van der Waals surface area contributed by atoms with Crippen LogP contribution in [-0.2, 0) is 7.05 Å². The first-order valence-electron chi connectivity index (χ1n) is 9.60. The number of aromatic nitrogens is 3. The normalized spacial score (nSPS) is 12.0. The molecule has 6 aromatic rings. The van der Waals surface area contributed by atoms with E-state index in [0.29, 0.717) is 11.0 Å². The monoisotopic (exact) mass is 400 g/mol. The van der Waals surface area contributed by atoms with Crippen LogP contribution in [-0.4, -0.2) is 9.55 Å². The van der Waals surface area contributed by atoms with Crippen molar-refractivity contribution >= 4 is 44.0 Å². The van der Waals surface area contributed by atoms with Gasteiger partial charge in [0.2, 0.25) is 11.7 Å². The summed E-state index contributed by atoms with van der Waals surface area (Å²) < 4.78 is 38.0. The molecule has 2 aromatic carbocycles. The zero-order valence-electron chi connectivity index (χ0n) is 16.3. The van der Waals surface area contributed by atoms with E-state index >= 15 is 0 Å². The number of nitrogens with zero attached hydrogens (tertiary/aromatic N) is 3. The third kappa shape index (κ3) is 2.19. The minimum Gasteiger partial charge on any atom is -0.437 e. The predicted octanol–water partition coefficient (Wildman–Crippen LogP) is 5.49. The van der Waals surface area contributed by atoms with E-state index in [0.717, 1.165) is 39.3 Å². The van der Waals surface area contributed by atoms with Gasteiger partial charge in [0.1, 0.15) is 22.6 Å². The van der Waals surface area contributed by atoms with E-state index in [2.05, 4.69) is 32.3 Å². The summed E-state index contributed by atoms with van der Waals surface area (Å²) in [6.07, 6.45) is 2.01. The average molecular weight is 400 g/mol. The van der Waals surface area contributed by atoms with Crippen LogP contribution in [0.4, 0.5) is 8.78 Å². The molecule has 0 saturated heterocycles. The summed E-state index contributed by atoms with van der Waals surface area (Å²) >= 11 is 0. The standard InChI is InChI=1S/C24H16F2N3O/c1-13-10-16-20(30-23-22(16)17(25)11-21(26)27-23)12-19(13)29-18-8-4-3-6-14(18)15-7-5-9-28(2)24(15)29/h3-12H,1-2H3/q+1. The van der Waals surface area contributed by atoms with Crippen molar-refractivity contribution in [1.29, 1.82) is 0 Å². The van der Waals surface area contributed by atoms with Crippen LogP contribution >= 0.6 is 0 Å².